The van der Waals surface area contributed by atoms with Gasteiger partial charge in [-0.3, -0.25) is 15.0 Å². The lowest BCUT2D eigenvalue weighted by Gasteiger charge is -2.15. The number of nitrogens with zero attached hydrogens (tertiary/aromatic N) is 15. The topological polar surface area (TPSA) is 107 Å². The lowest BCUT2D eigenvalue weighted by atomic mass is 9.89. The number of benzene rings is 7. The standard InChI is InChI=1S/C27H28N3.C25H24N3.C19H20N3.2C18H18N3/c1-16(2)20-13-9-10-17(3)24(20)23-15-29(6)30-26-18(4)14-19(5)28-25(26)21-11-7-8-12-22(21)27(23)30;1-15-9-8-10-16(2)22(15)21-14-27(5)28-24-17(3)13-18(4)26-23(24)19-11-6-7-12-20(19)25(21)28;1-11-10-12(2)20-17-15-8-6-7-9-16(15)19-13(3)14(4)21(5)22(19)18(11)17;1-11-9-13(3)19-16-14-7-5-6-8-15(14)17-12(2)10-20(4)21(17)18(11)16;1-11-9-12(2)19-17-15-8-6-5-7-14(15)16-10-13(3)20(4)21(16)18(11)17/h7-16H,1-6H3;6-14H,1-5H3;6-10H,1-5H3;2*5-10H,1-4H3/q5*+1. The van der Waals surface area contributed by atoms with Crippen LogP contribution < -0.4 is 23.1 Å². The second kappa shape index (κ2) is 30.2. The summed E-state index contributed by atoms with van der Waals surface area (Å²) in [4.78, 5) is 24.4. The lowest BCUT2D eigenvalue weighted by molar-refractivity contribution is -0.735. The van der Waals surface area contributed by atoms with Crippen molar-refractivity contribution >= 4 is 137 Å². The van der Waals surface area contributed by atoms with Gasteiger partial charge in [0.15, 0.2) is 27.3 Å². The smallest absolute Gasteiger partial charge is 0.251 e. The molecule has 0 atom stereocenters. The fourth-order valence-corrected chi connectivity index (χ4v) is 20.2. The molecule has 0 saturated heterocycles. The summed E-state index contributed by atoms with van der Waals surface area (Å²) in [7, 11) is 10.6. The molecule has 22 rings (SSSR count). The Morgan fingerprint density at radius 1 is 0.279 bits per heavy atom. The van der Waals surface area contributed by atoms with E-state index in [1.165, 1.54) is 204 Å². The molecule has 0 spiro atoms. The van der Waals surface area contributed by atoms with Crippen LogP contribution in [-0.2, 0) is 35.2 Å². The van der Waals surface area contributed by atoms with Gasteiger partial charge in [-0.2, -0.15) is 9.36 Å². The highest BCUT2D eigenvalue weighted by Gasteiger charge is 2.32. The highest BCUT2D eigenvalue weighted by molar-refractivity contribution is 6.17. The minimum atomic E-state index is 0.456. The van der Waals surface area contributed by atoms with Crippen molar-refractivity contribution in [1.82, 2.24) is 47.8 Å². The van der Waals surface area contributed by atoms with Crippen LogP contribution in [0, 0.1) is 118 Å². The number of aryl methyl sites for hydroxylation is 21. The van der Waals surface area contributed by atoms with Gasteiger partial charge in [-0.25, -0.2) is 9.97 Å². The van der Waals surface area contributed by atoms with Crippen LogP contribution >= 0.6 is 0 Å². The predicted molar refractivity (Wildman–Crippen MR) is 502 cm³/mol. The van der Waals surface area contributed by atoms with Gasteiger partial charge in [0, 0.05) is 99.9 Å². The van der Waals surface area contributed by atoms with Crippen LogP contribution in [0.1, 0.15) is 121 Å². The highest BCUT2D eigenvalue weighted by Crippen LogP contribution is 2.42. The highest BCUT2D eigenvalue weighted by atomic mass is 15.4. The molecule has 122 heavy (non-hydrogen) atoms. The third-order valence-corrected chi connectivity index (χ3v) is 25.5. The van der Waals surface area contributed by atoms with Crippen molar-refractivity contribution in [2.24, 2.45) is 35.2 Å². The van der Waals surface area contributed by atoms with Crippen LogP contribution in [-0.4, -0.2) is 47.8 Å². The molecule has 0 aliphatic rings. The summed E-state index contributed by atoms with van der Waals surface area (Å²) >= 11 is 0. The third kappa shape index (κ3) is 12.7. The SMILES string of the molecule is Cc1cc(C)c2c(n1)c1ccccc1c1c(-c3c(C)cccc3C(C)C)c[n+](C)n12.Cc1cc(C)c2c(n1)c1ccccc1c1c(-c3c(C)cccc3C)c[n+](C)n12.Cc1cc(C)c2c(n1)c1ccccc1c1c(C)c(C)n(C)[n+]12.Cc1cc(C)c2c(n1)c1ccccc1c1c(C)c[n+](C)n12.Cc1cc(C)c2c(n1)c1ccccc1c1cc(C)n(C)[n+]12. The second-order valence-corrected chi connectivity index (χ2v) is 34.6. The summed E-state index contributed by atoms with van der Waals surface area (Å²) in [5.41, 5.74) is 45.0. The summed E-state index contributed by atoms with van der Waals surface area (Å²) in [5, 5.41) is 12.4. The molecule has 0 aliphatic heterocycles. The molecule has 0 aliphatic carbocycles. The van der Waals surface area contributed by atoms with Gasteiger partial charge in [-0.05, 0) is 216 Å². The Balaban J connectivity index is 0.000000105. The molecule has 0 radical (unpaired) electrons. The van der Waals surface area contributed by atoms with E-state index < -0.39 is 0 Å². The number of fused-ring (bicyclic) bond motifs is 30. The van der Waals surface area contributed by atoms with E-state index in [-0.39, 0.29) is 0 Å². The molecule has 0 bridgehead atoms. The maximum absolute atomic E-state index is 4.97. The monoisotopic (exact) mass is 1600 g/mol. The average Bonchev–Trinajstić information content (AvgIpc) is 1.53. The molecule has 0 N–H and O–H groups in total. The predicted octanol–water partition coefficient (Wildman–Crippen LogP) is 22.0. The average molecular weight is 1600 g/mol. The Kier molecular flexibility index (Phi) is 19.7. The Morgan fingerprint density at radius 2 is 0.615 bits per heavy atom. The normalized spacial score (nSPS) is 11.8. The van der Waals surface area contributed by atoms with Crippen LogP contribution in [0.4, 0.5) is 0 Å². The van der Waals surface area contributed by atoms with Gasteiger partial charge in [0.1, 0.15) is 60.7 Å². The summed E-state index contributed by atoms with van der Waals surface area (Å²) < 4.78 is 22.6. The molecular formula is C107H108N15+5. The molecule has 15 heterocycles. The first-order chi connectivity index (χ1) is 58.5. The number of hydrogen-bond donors (Lipinski definition) is 0. The Morgan fingerprint density at radius 3 is 1.06 bits per heavy atom. The van der Waals surface area contributed by atoms with E-state index in [1.54, 1.807) is 0 Å². The van der Waals surface area contributed by atoms with Gasteiger partial charge in [-0.1, -0.05) is 168 Å². The van der Waals surface area contributed by atoms with E-state index >= 15 is 0 Å². The fraction of sp³-hybridized carbons (Fsp3) is 0.234. The molecule has 0 saturated carbocycles. The van der Waals surface area contributed by atoms with Crippen LogP contribution in [0.3, 0.4) is 0 Å². The van der Waals surface area contributed by atoms with Gasteiger partial charge < -0.3 is 0 Å². The maximum atomic E-state index is 4.97. The van der Waals surface area contributed by atoms with Crippen LogP contribution in [0.25, 0.3) is 159 Å². The molecule has 606 valence electrons. The lowest BCUT2D eigenvalue weighted by Crippen LogP contribution is -2.34. The van der Waals surface area contributed by atoms with Crippen molar-refractivity contribution in [2.75, 3.05) is 0 Å². The summed E-state index contributed by atoms with van der Waals surface area (Å²) in [6.45, 7) is 41.1. The van der Waals surface area contributed by atoms with E-state index in [1.807, 2.05) is 0 Å². The van der Waals surface area contributed by atoms with Gasteiger partial charge >= 0.3 is 0 Å². The minimum Gasteiger partial charge on any atom is -0.251 e. The van der Waals surface area contributed by atoms with Gasteiger partial charge in [0.2, 0.25) is 23.4 Å². The van der Waals surface area contributed by atoms with Crippen molar-refractivity contribution in [3.8, 4) is 22.3 Å². The van der Waals surface area contributed by atoms with Crippen molar-refractivity contribution < 1.29 is 23.1 Å². The first kappa shape index (κ1) is 79.5. The molecule has 0 amide bonds. The Bertz CT molecular complexity index is 8120. The zero-order valence-electron chi connectivity index (χ0n) is 75.0. The van der Waals surface area contributed by atoms with Gasteiger partial charge in [-0.15, -0.1) is 27.6 Å². The first-order valence-corrected chi connectivity index (χ1v) is 42.6. The summed E-state index contributed by atoms with van der Waals surface area (Å²) in [6, 6.07) is 69.4. The zero-order valence-corrected chi connectivity index (χ0v) is 75.0. The zero-order chi connectivity index (χ0) is 85.8. The number of rotatable bonds is 3. The third-order valence-electron chi connectivity index (χ3n) is 25.5. The Labute approximate surface area is 711 Å². The van der Waals surface area contributed by atoms with E-state index in [0.717, 1.165) is 56.1 Å². The summed E-state index contributed by atoms with van der Waals surface area (Å²) in [5.74, 6) is 0.456. The van der Waals surface area contributed by atoms with E-state index in [2.05, 4.69) is 425 Å². The molecule has 22 aromatic rings. The second-order valence-electron chi connectivity index (χ2n) is 34.6. The van der Waals surface area contributed by atoms with Crippen molar-refractivity contribution in [3.05, 3.63) is 314 Å². The van der Waals surface area contributed by atoms with E-state index in [0.29, 0.717) is 5.92 Å². The molecule has 15 aromatic heterocycles. The number of aromatic nitrogens is 15. The van der Waals surface area contributed by atoms with Crippen molar-refractivity contribution in [3.63, 3.8) is 0 Å². The van der Waals surface area contributed by atoms with Gasteiger partial charge in [0.05, 0.1) is 47.4 Å². The molecule has 15 heteroatoms. The molecule has 0 fully saturated rings. The van der Waals surface area contributed by atoms with Crippen molar-refractivity contribution in [1.29, 1.82) is 0 Å². The van der Waals surface area contributed by atoms with E-state index in [9.17, 15) is 0 Å². The van der Waals surface area contributed by atoms with Crippen molar-refractivity contribution in [2.45, 2.75) is 137 Å². The van der Waals surface area contributed by atoms with Crippen LogP contribution in [0.2, 0.25) is 0 Å². The quantitative estimate of drug-likeness (QED) is 0.129. The van der Waals surface area contributed by atoms with Gasteiger partial charge in [0.25, 0.3) is 11.0 Å². The molecule has 7 aromatic carbocycles. The largest absolute Gasteiger partial charge is 0.265 e. The fourth-order valence-electron chi connectivity index (χ4n) is 20.2. The van der Waals surface area contributed by atoms with Crippen LogP contribution in [0.5, 0.6) is 0 Å². The van der Waals surface area contributed by atoms with E-state index in [4.69, 9.17) is 24.9 Å². The van der Waals surface area contributed by atoms with Crippen LogP contribution in [0.15, 0.2) is 213 Å². The minimum absolute atomic E-state index is 0.456. The molecular weight excluding hydrogens is 1500 g/mol. The molecule has 0 unspecified atom stereocenters. The first-order valence-electron chi connectivity index (χ1n) is 42.6. The number of pyridine rings is 10. The molecule has 15 nitrogen and oxygen atoms in total. The Hall–Kier alpha value is -13.7. The number of hydrogen-bond acceptors (Lipinski definition) is 5. The summed E-state index contributed by atoms with van der Waals surface area (Å²) in [6.07, 6.45) is 6.73. The maximum Gasteiger partial charge on any atom is 0.265 e.